The lowest BCUT2D eigenvalue weighted by atomic mass is 10.0. The molecule has 1 aliphatic heterocycles. The third kappa shape index (κ3) is 4.54. The molecule has 1 atom stereocenters. The van der Waals surface area contributed by atoms with E-state index in [4.69, 9.17) is 11.6 Å². The monoisotopic (exact) mass is 470 g/mol. The van der Waals surface area contributed by atoms with E-state index in [0.29, 0.717) is 23.7 Å². The lowest BCUT2D eigenvalue weighted by Gasteiger charge is -2.33. The molecular weight excluding hydrogens is 452 g/mol. The van der Waals surface area contributed by atoms with Crippen LogP contribution in [0.15, 0.2) is 51.8 Å². The molecule has 144 valence electrons. The predicted molar refractivity (Wildman–Crippen MR) is 110 cm³/mol. The number of nitrogens with zero attached hydrogens (tertiary/aromatic N) is 1. The fraction of sp³-hybridized carbons (Fsp3) is 0.316. The van der Waals surface area contributed by atoms with Crippen molar-refractivity contribution in [3.63, 3.8) is 0 Å². The minimum absolute atomic E-state index is 0.188. The average Bonchev–Trinajstić information content (AvgIpc) is 2.64. The van der Waals surface area contributed by atoms with Gasteiger partial charge in [-0.05, 0) is 67.8 Å². The maximum Gasteiger partial charge on any atom is 0.243 e. The summed E-state index contributed by atoms with van der Waals surface area (Å²) in [6.07, 6.45) is 2.04. The van der Waals surface area contributed by atoms with E-state index in [1.54, 1.807) is 42.5 Å². The molecule has 0 aromatic heterocycles. The number of rotatable bonds is 4. The summed E-state index contributed by atoms with van der Waals surface area (Å²) in [5.41, 5.74) is 1.46. The van der Waals surface area contributed by atoms with Gasteiger partial charge >= 0.3 is 0 Å². The summed E-state index contributed by atoms with van der Waals surface area (Å²) in [7, 11) is -3.75. The minimum Gasteiger partial charge on any atom is -0.324 e. The van der Waals surface area contributed by atoms with E-state index in [2.05, 4.69) is 21.2 Å². The standard InChI is InChI=1S/C19H20BrClN2O3S/c1-13-12-15(21)7-10-17(13)22-19(24)18-4-2-3-11-23(18)27(25,26)16-8-5-14(20)6-9-16/h5-10,12,18H,2-4,11H2,1H3,(H,22,24)/t18-/m0/s1. The van der Waals surface area contributed by atoms with Crippen LogP contribution in [-0.4, -0.2) is 31.2 Å². The molecule has 2 aromatic rings. The normalized spacial score (nSPS) is 18.3. The van der Waals surface area contributed by atoms with Crippen molar-refractivity contribution in [3.8, 4) is 0 Å². The summed E-state index contributed by atoms with van der Waals surface area (Å²) in [6, 6.07) is 10.9. The fourth-order valence-corrected chi connectivity index (χ4v) is 5.33. The van der Waals surface area contributed by atoms with Gasteiger partial charge in [-0.25, -0.2) is 8.42 Å². The number of piperidine rings is 1. The van der Waals surface area contributed by atoms with E-state index in [1.807, 2.05) is 6.92 Å². The van der Waals surface area contributed by atoms with Crippen molar-refractivity contribution in [3.05, 3.63) is 57.5 Å². The van der Waals surface area contributed by atoms with E-state index < -0.39 is 16.1 Å². The van der Waals surface area contributed by atoms with E-state index in [9.17, 15) is 13.2 Å². The van der Waals surface area contributed by atoms with E-state index in [-0.39, 0.29) is 10.8 Å². The number of halogens is 2. The minimum atomic E-state index is -3.75. The molecule has 1 fully saturated rings. The van der Waals surface area contributed by atoms with Gasteiger partial charge in [0.05, 0.1) is 4.90 Å². The number of hydrogen-bond acceptors (Lipinski definition) is 3. The van der Waals surface area contributed by atoms with E-state index >= 15 is 0 Å². The van der Waals surface area contributed by atoms with Gasteiger partial charge in [-0.15, -0.1) is 0 Å². The molecule has 0 spiro atoms. The van der Waals surface area contributed by atoms with Gasteiger partial charge in [0.1, 0.15) is 6.04 Å². The Balaban J connectivity index is 1.86. The van der Waals surface area contributed by atoms with E-state index in [0.717, 1.165) is 22.9 Å². The van der Waals surface area contributed by atoms with Crippen molar-refractivity contribution >= 4 is 49.1 Å². The molecule has 1 aliphatic rings. The number of nitrogens with one attached hydrogen (secondary N) is 1. The first-order valence-electron chi connectivity index (χ1n) is 8.63. The highest BCUT2D eigenvalue weighted by molar-refractivity contribution is 9.10. The molecule has 5 nitrogen and oxygen atoms in total. The Labute approximate surface area is 172 Å². The van der Waals surface area contributed by atoms with Crippen molar-refractivity contribution in [1.82, 2.24) is 4.31 Å². The zero-order chi connectivity index (χ0) is 19.6. The van der Waals surface area contributed by atoms with Gasteiger partial charge in [0.15, 0.2) is 0 Å². The number of carbonyl (C=O) groups is 1. The summed E-state index contributed by atoms with van der Waals surface area (Å²) in [6.45, 7) is 2.18. The smallest absolute Gasteiger partial charge is 0.243 e. The van der Waals surface area contributed by atoms with Gasteiger partial charge in [0, 0.05) is 21.7 Å². The van der Waals surface area contributed by atoms with Crippen LogP contribution in [0, 0.1) is 6.92 Å². The molecule has 0 radical (unpaired) electrons. The molecule has 27 heavy (non-hydrogen) atoms. The molecule has 2 aromatic carbocycles. The molecule has 3 rings (SSSR count). The van der Waals surface area contributed by atoms with Crippen molar-refractivity contribution in [2.45, 2.75) is 37.1 Å². The molecule has 0 aliphatic carbocycles. The quantitative estimate of drug-likeness (QED) is 0.709. The summed E-state index contributed by atoms with van der Waals surface area (Å²) in [5.74, 6) is -0.319. The molecule has 0 unspecified atom stereocenters. The summed E-state index contributed by atoms with van der Waals surface area (Å²) < 4.78 is 28.3. The summed E-state index contributed by atoms with van der Waals surface area (Å²) >= 11 is 9.27. The second-order valence-electron chi connectivity index (χ2n) is 6.53. The number of amides is 1. The molecule has 1 amide bonds. The Bertz CT molecular complexity index is 948. The van der Waals surface area contributed by atoms with Crippen molar-refractivity contribution in [2.75, 3.05) is 11.9 Å². The Morgan fingerprint density at radius 1 is 1.19 bits per heavy atom. The van der Waals surface area contributed by atoms with Gasteiger partial charge in [-0.2, -0.15) is 4.31 Å². The Morgan fingerprint density at radius 3 is 2.56 bits per heavy atom. The van der Waals surface area contributed by atoms with E-state index in [1.165, 1.54) is 4.31 Å². The zero-order valence-corrected chi connectivity index (χ0v) is 17.9. The van der Waals surface area contributed by atoms with Crippen LogP contribution in [0.25, 0.3) is 0 Å². The predicted octanol–water partition coefficient (Wildman–Crippen LogP) is 4.59. The SMILES string of the molecule is Cc1cc(Cl)ccc1NC(=O)[C@@H]1CCCCN1S(=O)(=O)c1ccc(Br)cc1. The second-order valence-corrected chi connectivity index (χ2v) is 9.77. The number of benzene rings is 2. The van der Waals surface area contributed by atoms with Crippen LogP contribution in [0.2, 0.25) is 5.02 Å². The van der Waals surface area contributed by atoms with Crippen LogP contribution in [0.1, 0.15) is 24.8 Å². The van der Waals surface area contributed by atoms with Crippen LogP contribution in [-0.2, 0) is 14.8 Å². The molecule has 1 heterocycles. The third-order valence-corrected chi connectivity index (χ3v) is 7.31. The highest BCUT2D eigenvalue weighted by Gasteiger charge is 2.37. The zero-order valence-electron chi connectivity index (χ0n) is 14.8. The van der Waals surface area contributed by atoms with Gasteiger partial charge in [0.2, 0.25) is 15.9 Å². The van der Waals surface area contributed by atoms with Crippen LogP contribution in [0.3, 0.4) is 0 Å². The molecule has 1 saturated heterocycles. The largest absolute Gasteiger partial charge is 0.324 e. The maximum absolute atomic E-state index is 13.1. The molecule has 0 saturated carbocycles. The van der Waals surface area contributed by atoms with Crippen molar-refractivity contribution < 1.29 is 13.2 Å². The topological polar surface area (TPSA) is 66.5 Å². The van der Waals surface area contributed by atoms with Crippen LogP contribution >= 0.6 is 27.5 Å². The first kappa shape index (κ1) is 20.3. The number of anilines is 1. The second kappa shape index (κ2) is 8.31. The molecular formula is C19H20BrClN2O3S. The summed E-state index contributed by atoms with van der Waals surface area (Å²) in [4.78, 5) is 13.1. The number of sulfonamides is 1. The lowest BCUT2D eigenvalue weighted by Crippen LogP contribution is -2.49. The number of aryl methyl sites for hydroxylation is 1. The lowest BCUT2D eigenvalue weighted by molar-refractivity contribution is -0.120. The first-order valence-corrected chi connectivity index (χ1v) is 11.2. The van der Waals surface area contributed by atoms with Crippen LogP contribution in [0.4, 0.5) is 5.69 Å². The fourth-order valence-electron chi connectivity index (χ4n) is 3.18. The Hall–Kier alpha value is -1.41. The highest BCUT2D eigenvalue weighted by Crippen LogP contribution is 2.28. The highest BCUT2D eigenvalue weighted by atomic mass is 79.9. The van der Waals surface area contributed by atoms with Crippen LogP contribution in [0.5, 0.6) is 0 Å². The van der Waals surface area contributed by atoms with Gasteiger partial charge in [-0.3, -0.25) is 4.79 Å². The Kier molecular flexibility index (Phi) is 6.25. The Morgan fingerprint density at radius 2 is 1.89 bits per heavy atom. The maximum atomic E-state index is 13.1. The van der Waals surface area contributed by atoms with Gasteiger partial charge < -0.3 is 5.32 Å². The first-order chi connectivity index (χ1) is 12.8. The third-order valence-electron chi connectivity index (χ3n) is 4.62. The van der Waals surface area contributed by atoms with Gasteiger partial charge in [0.25, 0.3) is 0 Å². The number of carbonyl (C=O) groups excluding carboxylic acids is 1. The average molecular weight is 472 g/mol. The van der Waals surface area contributed by atoms with Gasteiger partial charge in [-0.1, -0.05) is 34.0 Å². The number of hydrogen-bond donors (Lipinski definition) is 1. The van der Waals surface area contributed by atoms with Crippen LogP contribution < -0.4 is 5.32 Å². The molecule has 1 N–H and O–H groups in total. The summed E-state index contributed by atoms with van der Waals surface area (Å²) in [5, 5.41) is 3.44. The van der Waals surface area contributed by atoms with Crippen molar-refractivity contribution in [2.24, 2.45) is 0 Å². The molecule has 8 heteroatoms. The molecule has 0 bridgehead atoms. The van der Waals surface area contributed by atoms with Crippen molar-refractivity contribution in [1.29, 1.82) is 0 Å².